The Morgan fingerprint density at radius 3 is 2.80 bits per heavy atom. The van der Waals surface area contributed by atoms with Gasteiger partial charge in [0.15, 0.2) is 0 Å². The maximum Gasteiger partial charge on any atom is 0.0288 e. The fourth-order valence-electron chi connectivity index (χ4n) is 3.14. The Hall–Kier alpha value is -0.470. The van der Waals surface area contributed by atoms with E-state index in [4.69, 9.17) is 0 Å². The zero-order valence-electron chi connectivity index (χ0n) is 13.5. The summed E-state index contributed by atoms with van der Waals surface area (Å²) < 4.78 is 0.408. The first-order valence-corrected chi connectivity index (χ1v) is 8.97. The van der Waals surface area contributed by atoms with E-state index < -0.39 is 0 Å². The minimum atomic E-state index is 0.408. The van der Waals surface area contributed by atoms with Crippen molar-refractivity contribution in [3.63, 3.8) is 0 Å². The normalized spacial score (nSPS) is 24.0. The maximum atomic E-state index is 3.83. The van der Waals surface area contributed by atoms with E-state index in [0.717, 1.165) is 13.0 Å². The van der Waals surface area contributed by atoms with Crippen molar-refractivity contribution in [3.05, 3.63) is 34.9 Å². The summed E-state index contributed by atoms with van der Waals surface area (Å²) in [7, 11) is 0. The van der Waals surface area contributed by atoms with E-state index in [1.807, 2.05) is 0 Å². The van der Waals surface area contributed by atoms with Crippen LogP contribution in [-0.2, 0) is 6.42 Å². The van der Waals surface area contributed by atoms with Crippen LogP contribution in [0, 0.1) is 13.8 Å². The fourth-order valence-corrected chi connectivity index (χ4v) is 4.55. The number of nitrogens with one attached hydrogen (secondary N) is 1. The predicted octanol–water partition coefficient (Wildman–Crippen LogP) is 4.50. The van der Waals surface area contributed by atoms with E-state index in [0.29, 0.717) is 10.8 Å². The van der Waals surface area contributed by atoms with Gasteiger partial charge >= 0.3 is 0 Å². The van der Waals surface area contributed by atoms with E-state index in [2.05, 4.69) is 63.0 Å². The molecule has 0 bridgehead atoms. The average molecular weight is 292 g/mol. The van der Waals surface area contributed by atoms with Gasteiger partial charge in [0.2, 0.25) is 0 Å². The van der Waals surface area contributed by atoms with Crippen LogP contribution in [0.1, 0.15) is 49.8 Å². The van der Waals surface area contributed by atoms with Crippen molar-refractivity contribution >= 4 is 11.8 Å². The molecule has 1 nitrogen and oxygen atoms in total. The lowest BCUT2D eigenvalue weighted by atomic mass is 9.89. The molecule has 2 unspecified atom stereocenters. The van der Waals surface area contributed by atoms with Crippen LogP contribution in [0.15, 0.2) is 18.2 Å². The molecule has 1 N–H and O–H groups in total. The highest BCUT2D eigenvalue weighted by molar-refractivity contribution is 8.00. The second kappa shape index (κ2) is 7.00. The first kappa shape index (κ1) is 15.9. The van der Waals surface area contributed by atoms with Gasteiger partial charge in [0, 0.05) is 10.8 Å². The van der Waals surface area contributed by atoms with Crippen LogP contribution in [0.2, 0.25) is 0 Å². The minimum absolute atomic E-state index is 0.408. The molecule has 0 spiro atoms. The lowest BCUT2D eigenvalue weighted by molar-refractivity contribution is 0.398. The smallest absolute Gasteiger partial charge is 0.0288 e. The molecule has 1 aromatic rings. The number of hydrogen-bond acceptors (Lipinski definition) is 2. The number of aryl methyl sites for hydroxylation is 2. The molecule has 1 heterocycles. The quantitative estimate of drug-likeness (QED) is 0.828. The van der Waals surface area contributed by atoms with Gasteiger partial charge in [0.05, 0.1) is 0 Å². The van der Waals surface area contributed by atoms with Crippen LogP contribution in [0.5, 0.6) is 0 Å². The molecule has 0 radical (unpaired) electrons. The topological polar surface area (TPSA) is 12.0 Å². The molecule has 20 heavy (non-hydrogen) atoms. The van der Waals surface area contributed by atoms with Crippen molar-refractivity contribution < 1.29 is 0 Å². The summed E-state index contributed by atoms with van der Waals surface area (Å²) in [5, 5.41) is 3.83. The lowest BCUT2D eigenvalue weighted by Gasteiger charge is -2.35. The predicted molar refractivity (Wildman–Crippen MR) is 91.8 cm³/mol. The summed E-state index contributed by atoms with van der Waals surface area (Å²) >= 11 is 2.17. The summed E-state index contributed by atoms with van der Waals surface area (Å²) in [4.78, 5) is 0. The van der Waals surface area contributed by atoms with Gasteiger partial charge in [-0.15, -0.1) is 0 Å². The van der Waals surface area contributed by atoms with Crippen LogP contribution in [0.4, 0.5) is 0 Å². The van der Waals surface area contributed by atoms with Gasteiger partial charge in [-0.2, -0.15) is 11.8 Å². The summed E-state index contributed by atoms with van der Waals surface area (Å²) in [6.07, 6.45) is 5.10. The molecule has 112 valence electrons. The van der Waals surface area contributed by atoms with E-state index >= 15 is 0 Å². The molecule has 1 fully saturated rings. The standard InChI is InChI=1S/C18H29NS/c1-5-10-19-17(18(4)9-6-11-20-18)13-16-12-14(2)7-8-15(16)3/h7-8,12,17,19H,5-6,9-11,13H2,1-4H3. The van der Waals surface area contributed by atoms with E-state index in [1.54, 1.807) is 0 Å². The molecule has 0 aromatic heterocycles. The Labute approximate surface area is 128 Å². The minimum Gasteiger partial charge on any atom is -0.312 e. The molecule has 2 rings (SSSR count). The molecule has 0 aliphatic carbocycles. The van der Waals surface area contributed by atoms with Crippen LogP contribution in [0.25, 0.3) is 0 Å². The third-order valence-corrected chi connectivity index (χ3v) is 6.20. The van der Waals surface area contributed by atoms with Crippen molar-refractivity contribution in [2.75, 3.05) is 12.3 Å². The molecule has 1 aliphatic heterocycles. The number of hydrogen-bond donors (Lipinski definition) is 1. The monoisotopic (exact) mass is 291 g/mol. The van der Waals surface area contributed by atoms with Crippen molar-refractivity contribution in [1.82, 2.24) is 5.32 Å². The van der Waals surface area contributed by atoms with Gasteiger partial charge < -0.3 is 5.32 Å². The summed E-state index contributed by atoms with van der Waals surface area (Å²) in [6.45, 7) is 10.3. The Balaban J connectivity index is 2.16. The highest BCUT2D eigenvalue weighted by Crippen LogP contribution is 2.41. The van der Waals surface area contributed by atoms with E-state index in [9.17, 15) is 0 Å². The molecule has 1 aliphatic rings. The van der Waals surface area contributed by atoms with Gasteiger partial charge in [0.1, 0.15) is 0 Å². The molecule has 2 atom stereocenters. The largest absolute Gasteiger partial charge is 0.312 e. The Morgan fingerprint density at radius 1 is 1.35 bits per heavy atom. The SMILES string of the molecule is CCCNC(Cc1cc(C)ccc1C)C1(C)CCCS1. The highest BCUT2D eigenvalue weighted by Gasteiger charge is 2.37. The summed E-state index contributed by atoms with van der Waals surface area (Å²) in [6, 6.07) is 7.46. The Kier molecular flexibility index (Phi) is 5.57. The summed E-state index contributed by atoms with van der Waals surface area (Å²) in [5.74, 6) is 1.33. The average Bonchev–Trinajstić information content (AvgIpc) is 2.86. The first-order valence-electron chi connectivity index (χ1n) is 7.98. The third kappa shape index (κ3) is 3.79. The zero-order chi connectivity index (χ0) is 14.6. The van der Waals surface area contributed by atoms with Crippen LogP contribution in [0.3, 0.4) is 0 Å². The van der Waals surface area contributed by atoms with Crippen molar-refractivity contribution in [2.45, 2.75) is 64.2 Å². The van der Waals surface area contributed by atoms with Crippen molar-refractivity contribution in [1.29, 1.82) is 0 Å². The van der Waals surface area contributed by atoms with Gasteiger partial charge in [0.25, 0.3) is 0 Å². The number of thioether (sulfide) groups is 1. The Bertz CT molecular complexity index is 435. The van der Waals surface area contributed by atoms with Crippen LogP contribution >= 0.6 is 11.8 Å². The zero-order valence-corrected chi connectivity index (χ0v) is 14.3. The van der Waals surface area contributed by atoms with Crippen LogP contribution < -0.4 is 5.32 Å². The van der Waals surface area contributed by atoms with E-state index in [-0.39, 0.29) is 0 Å². The molecule has 2 heteroatoms. The second-order valence-corrected chi connectivity index (χ2v) is 8.04. The third-order valence-electron chi connectivity index (χ3n) is 4.56. The fraction of sp³-hybridized carbons (Fsp3) is 0.667. The second-order valence-electron chi connectivity index (χ2n) is 6.41. The molecule has 1 saturated heterocycles. The molecular formula is C18H29NS. The van der Waals surface area contributed by atoms with E-state index in [1.165, 1.54) is 41.7 Å². The Morgan fingerprint density at radius 2 is 2.15 bits per heavy atom. The maximum absolute atomic E-state index is 3.83. The lowest BCUT2D eigenvalue weighted by Crippen LogP contribution is -2.47. The van der Waals surface area contributed by atoms with Gasteiger partial charge in [-0.3, -0.25) is 0 Å². The molecule has 0 saturated carbocycles. The number of rotatable bonds is 6. The van der Waals surface area contributed by atoms with Crippen LogP contribution in [-0.4, -0.2) is 23.1 Å². The highest BCUT2D eigenvalue weighted by atomic mass is 32.2. The molecule has 1 aromatic carbocycles. The van der Waals surface area contributed by atoms with Gasteiger partial charge in [-0.1, -0.05) is 30.7 Å². The van der Waals surface area contributed by atoms with Crippen molar-refractivity contribution in [3.8, 4) is 0 Å². The van der Waals surface area contributed by atoms with Crippen molar-refractivity contribution in [2.24, 2.45) is 0 Å². The van der Waals surface area contributed by atoms with Gasteiger partial charge in [-0.25, -0.2) is 0 Å². The number of benzene rings is 1. The molecule has 0 amide bonds. The summed E-state index contributed by atoms with van der Waals surface area (Å²) in [5.41, 5.74) is 4.34. The van der Waals surface area contributed by atoms with Gasteiger partial charge in [-0.05, 0) is 69.9 Å². The first-order chi connectivity index (χ1) is 9.55. The molecular weight excluding hydrogens is 262 g/mol.